The maximum absolute atomic E-state index is 12.7. The highest BCUT2D eigenvalue weighted by molar-refractivity contribution is 6.00. The van der Waals surface area contributed by atoms with Crippen molar-refractivity contribution >= 4 is 40.6 Å². The Morgan fingerprint density at radius 3 is 2.50 bits per heavy atom. The first-order valence-corrected chi connectivity index (χ1v) is 15.2. The number of ether oxygens (including phenoxy) is 2. The number of methoxy groups -OCH3 is 1. The summed E-state index contributed by atoms with van der Waals surface area (Å²) >= 11 is 0. The van der Waals surface area contributed by atoms with Gasteiger partial charge in [-0.05, 0) is 66.4 Å². The van der Waals surface area contributed by atoms with E-state index in [-0.39, 0.29) is 5.91 Å². The lowest BCUT2D eigenvalue weighted by atomic mass is 10.1. The van der Waals surface area contributed by atoms with Gasteiger partial charge in [-0.15, -0.1) is 0 Å². The lowest BCUT2D eigenvalue weighted by Crippen LogP contribution is -2.36. The van der Waals surface area contributed by atoms with Crippen LogP contribution in [0.1, 0.15) is 34.0 Å². The van der Waals surface area contributed by atoms with E-state index in [4.69, 9.17) is 19.4 Å². The fraction of sp³-hybridized carbons (Fsp3) is 0.324. The second-order valence-electron chi connectivity index (χ2n) is 10.9. The molecule has 0 bridgehead atoms. The Balaban J connectivity index is 1.35. The van der Waals surface area contributed by atoms with Gasteiger partial charge in [0, 0.05) is 50.2 Å². The molecule has 1 amide bonds. The van der Waals surface area contributed by atoms with Crippen molar-refractivity contribution in [1.29, 1.82) is 0 Å². The molecular formula is C34H39N7O3. The Labute approximate surface area is 258 Å². The van der Waals surface area contributed by atoms with E-state index >= 15 is 0 Å². The van der Waals surface area contributed by atoms with Crippen molar-refractivity contribution in [3.63, 3.8) is 0 Å². The van der Waals surface area contributed by atoms with Gasteiger partial charge in [0.25, 0.3) is 5.91 Å². The molecule has 1 fully saturated rings. The molecule has 10 nitrogen and oxygen atoms in total. The van der Waals surface area contributed by atoms with E-state index in [0.29, 0.717) is 29.6 Å². The number of hydrogen-bond donors (Lipinski definition) is 3. The SMILES string of the molecule is CCc1cc(N2CCOCC2)ccc1Nc1nc(Nc2ccccc2C(=O)NC)c2c(n1)N(Cc1ccc(OC)cc1)CC2. The van der Waals surface area contributed by atoms with Crippen molar-refractivity contribution in [2.45, 2.75) is 26.3 Å². The Bertz CT molecular complexity index is 1620. The summed E-state index contributed by atoms with van der Waals surface area (Å²) in [7, 11) is 3.31. The standard InChI is InChI=1S/C34H39N7O3/c1-4-24-21-25(40-17-19-44-20-18-40)11-14-29(24)37-34-38-31(36-30-8-6-5-7-27(30)33(42)35-2)28-15-16-41(32(28)39-34)22-23-9-12-26(43-3)13-10-23/h5-14,21H,4,15-20,22H2,1-3H3,(H,35,42)(H2,36,37,38,39). The number of morpholine rings is 1. The first kappa shape index (κ1) is 29.3. The average molecular weight is 594 g/mol. The maximum atomic E-state index is 12.7. The van der Waals surface area contributed by atoms with Gasteiger partial charge in [0.2, 0.25) is 5.95 Å². The first-order chi connectivity index (χ1) is 21.6. The van der Waals surface area contributed by atoms with E-state index in [2.05, 4.69) is 63.0 Å². The summed E-state index contributed by atoms with van der Waals surface area (Å²) in [6.45, 7) is 6.94. The van der Waals surface area contributed by atoms with Gasteiger partial charge in [0.1, 0.15) is 17.4 Å². The van der Waals surface area contributed by atoms with Crippen molar-refractivity contribution in [3.05, 3.63) is 89.0 Å². The molecule has 3 heterocycles. The minimum atomic E-state index is -0.161. The minimum absolute atomic E-state index is 0.161. The molecule has 2 aliphatic rings. The van der Waals surface area contributed by atoms with Crippen LogP contribution in [0.25, 0.3) is 0 Å². The highest BCUT2D eigenvalue weighted by atomic mass is 16.5. The number of fused-ring (bicyclic) bond motifs is 1. The molecule has 6 rings (SSSR count). The Morgan fingerprint density at radius 1 is 0.955 bits per heavy atom. The number of aryl methyl sites for hydroxylation is 1. The predicted octanol–water partition coefficient (Wildman–Crippen LogP) is 5.29. The van der Waals surface area contributed by atoms with Gasteiger partial charge < -0.3 is 35.2 Å². The quantitative estimate of drug-likeness (QED) is 0.226. The van der Waals surface area contributed by atoms with Crippen molar-refractivity contribution < 1.29 is 14.3 Å². The summed E-state index contributed by atoms with van der Waals surface area (Å²) in [5, 5.41) is 9.75. The summed E-state index contributed by atoms with van der Waals surface area (Å²) < 4.78 is 10.9. The fourth-order valence-electron chi connectivity index (χ4n) is 5.77. The zero-order chi connectivity index (χ0) is 30.5. The first-order valence-electron chi connectivity index (χ1n) is 15.2. The summed E-state index contributed by atoms with van der Waals surface area (Å²) in [5.41, 5.74) is 6.79. The average Bonchev–Trinajstić information content (AvgIpc) is 3.48. The van der Waals surface area contributed by atoms with Crippen LogP contribution in [-0.2, 0) is 24.1 Å². The topological polar surface area (TPSA) is 104 Å². The van der Waals surface area contributed by atoms with Crippen LogP contribution < -0.4 is 30.5 Å². The third-order valence-corrected chi connectivity index (χ3v) is 8.19. The number of carbonyl (C=O) groups is 1. The highest BCUT2D eigenvalue weighted by Gasteiger charge is 2.27. The lowest BCUT2D eigenvalue weighted by Gasteiger charge is -2.29. The molecular weight excluding hydrogens is 554 g/mol. The largest absolute Gasteiger partial charge is 0.497 e. The third-order valence-electron chi connectivity index (χ3n) is 8.19. The molecule has 1 saturated heterocycles. The number of para-hydroxylation sites is 1. The molecule has 0 saturated carbocycles. The number of amides is 1. The maximum Gasteiger partial charge on any atom is 0.253 e. The predicted molar refractivity (Wildman–Crippen MR) is 175 cm³/mol. The molecule has 4 aromatic rings. The van der Waals surface area contributed by atoms with Gasteiger partial charge in [-0.2, -0.15) is 9.97 Å². The van der Waals surface area contributed by atoms with E-state index in [1.54, 1.807) is 20.2 Å². The van der Waals surface area contributed by atoms with E-state index in [0.717, 1.165) is 68.5 Å². The number of nitrogens with one attached hydrogen (secondary N) is 3. The molecule has 2 aliphatic heterocycles. The van der Waals surface area contributed by atoms with Crippen molar-refractivity contribution in [3.8, 4) is 5.75 Å². The van der Waals surface area contributed by atoms with Gasteiger partial charge in [-0.1, -0.05) is 31.2 Å². The molecule has 228 valence electrons. The van der Waals surface area contributed by atoms with Crippen molar-refractivity contribution in [2.75, 3.05) is 67.4 Å². The molecule has 3 N–H and O–H groups in total. The van der Waals surface area contributed by atoms with Crippen LogP contribution in [0.15, 0.2) is 66.7 Å². The van der Waals surface area contributed by atoms with Crippen molar-refractivity contribution in [2.24, 2.45) is 0 Å². The third kappa shape index (κ3) is 6.26. The zero-order valence-electron chi connectivity index (χ0n) is 25.5. The number of aromatic nitrogens is 2. The number of benzene rings is 3. The number of rotatable bonds is 10. The van der Waals surface area contributed by atoms with Crippen molar-refractivity contribution in [1.82, 2.24) is 15.3 Å². The van der Waals surface area contributed by atoms with E-state index in [1.807, 2.05) is 30.3 Å². The van der Waals surface area contributed by atoms with Crippen LogP contribution in [0.2, 0.25) is 0 Å². The van der Waals surface area contributed by atoms with Gasteiger partial charge in [0.15, 0.2) is 0 Å². The van der Waals surface area contributed by atoms with Gasteiger partial charge in [-0.3, -0.25) is 4.79 Å². The zero-order valence-corrected chi connectivity index (χ0v) is 25.5. The molecule has 10 heteroatoms. The van der Waals surface area contributed by atoms with Gasteiger partial charge in [0.05, 0.1) is 31.6 Å². The second kappa shape index (κ2) is 13.2. The monoisotopic (exact) mass is 593 g/mol. The van der Waals surface area contributed by atoms with E-state index in [9.17, 15) is 4.79 Å². The molecule has 0 aliphatic carbocycles. The number of hydrogen-bond acceptors (Lipinski definition) is 9. The molecule has 44 heavy (non-hydrogen) atoms. The minimum Gasteiger partial charge on any atom is -0.497 e. The summed E-state index contributed by atoms with van der Waals surface area (Å²) in [6.07, 6.45) is 1.64. The summed E-state index contributed by atoms with van der Waals surface area (Å²) in [5.74, 6) is 2.73. The molecule has 0 spiro atoms. The van der Waals surface area contributed by atoms with Crippen LogP contribution in [0.5, 0.6) is 5.75 Å². The summed E-state index contributed by atoms with van der Waals surface area (Å²) in [4.78, 5) is 27.3. The van der Waals surface area contributed by atoms with Gasteiger partial charge in [-0.25, -0.2) is 0 Å². The second-order valence-corrected chi connectivity index (χ2v) is 10.9. The summed E-state index contributed by atoms with van der Waals surface area (Å²) in [6, 6.07) is 22.1. The van der Waals surface area contributed by atoms with Gasteiger partial charge >= 0.3 is 0 Å². The number of carbonyl (C=O) groups excluding carboxylic acids is 1. The number of nitrogens with zero attached hydrogens (tertiary/aromatic N) is 4. The van der Waals surface area contributed by atoms with Crippen LogP contribution in [0, 0.1) is 0 Å². The molecule has 1 aromatic heterocycles. The normalized spacial score (nSPS) is 14.2. The Kier molecular flexibility index (Phi) is 8.79. The van der Waals surface area contributed by atoms with Crippen LogP contribution in [-0.4, -0.2) is 62.9 Å². The smallest absolute Gasteiger partial charge is 0.253 e. The van der Waals surface area contributed by atoms with E-state index < -0.39 is 0 Å². The molecule has 3 aromatic carbocycles. The van der Waals surface area contributed by atoms with Crippen LogP contribution >= 0.6 is 0 Å². The van der Waals surface area contributed by atoms with E-state index in [1.165, 1.54) is 16.8 Å². The Morgan fingerprint density at radius 2 is 1.75 bits per heavy atom. The Hall–Kier alpha value is -4.83. The number of anilines is 6. The highest BCUT2D eigenvalue weighted by Crippen LogP contribution is 2.36. The molecule has 0 unspecified atom stereocenters. The fourth-order valence-corrected chi connectivity index (χ4v) is 5.77. The van der Waals surface area contributed by atoms with Crippen LogP contribution in [0.4, 0.5) is 34.6 Å². The molecule has 0 radical (unpaired) electrons. The van der Waals surface area contributed by atoms with Crippen LogP contribution in [0.3, 0.4) is 0 Å². The molecule has 0 atom stereocenters. The lowest BCUT2D eigenvalue weighted by molar-refractivity contribution is 0.0964.